The van der Waals surface area contributed by atoms with Crippen LogP contribution >= 0.6 is 0 Å². The Morgan fingerprint density at radius 3 is 1.77 bits per heavy atom. The first-order chi connectivity index (χ1) is 27.4. The van der Waals surface area contributed by atoms with Gasteiger partial charge in [0.1, 0.15) is 23.7 Å². The lowest BCUT2D eigenvalue weighted by Crippen LogP contribution is -2.57. The summed E-state index contributed by atoms with van der Waals surface area (Å²) in [5, 5.41) is 5.25. The fourth-order valence-corrected chi connectivity index (χ4v) is 7.71. The minimum absolute atomic E-state index is 0.252. The molecule has 6 rings (SSSR count). The van der Waals surface area contributed by atoms with Crippen LogP contribution in [0.4, 0.5) is 9.59 Å². The van der Waals surface area contributed by atoms with E-state index in [0.29, 0.717) is 31.2 Å². The number of hydrogen-bond acceptors (Lipinski definition) is 10. The van der Waals surface area contributed by atoms with Crippen molar-refractivity contribution in [2.24, 2.45) is 0 Å². The normalized spacial score (nSPS) is 20.1. The van der Waals surface area contributed by atoms with Crippen LogP contribution in [-0.2, 0) is 34.1 Å². The number of nitrogens with zero attached hydrogens (tertiary/aromatic N) is 4. The molecule has 304 valence electrons. The monoisotopic (exact) mass is 784 g/mol. The minimum atomic E-state index is -0.920. The Bertz CT molecular complexity index is 2030. The fourth-order valence-electron chi connectivity index (χ4n) is 7.71. The number of ether oxygens (including phenoxy) is 4. The third kappa shape index (κ3) is 8.51. The Morgan fingerprint density at radius 2 is 1.23 bits per heavy atom. The molecule has 0 aliphatic carbocycles. The van der Waals surface area contributed by atoms with Gasteiger partial charge in [-0.05, 0) is 68.7 Å². The molecule has 4 aromatic rings. The molecule has 16 nitrogen and oxygen atoms in total. The Labute approximate surface area is 332 Å². The first kappa shape index (κ1) is 40.9. The van der Waals surface area contributed by atoms with E-state index in [1.54, 1.807) is 36.0 Å². The van der Waals surface area contributed by atoms with E-state index in [1.165, 1.54) is 28.4 Å². The summed E-state index contributed by atoms with van der Waals surface area (Å²) in [7, 11) is 5.50. The predicted octanol–water partition coefficient (Wildman–Crippen LogP) is 5.15. The molecular weight excluding hydrogens is 732 g/mol. The highest BCUT2D eigenvalue weighted by molar-refractivity contribution is 5.88. The Morgan fingerprint density at radius 1 is 0.719 bits per heavy atom. The number of carbonyl (C=O) groups excluding carboxylic acids is 4. The lowest BCUT2D eigenvalue weighted by Gasteiger charge is -2.37. The number of hydrogen-bond donors (Lipinski definition) is 4. The van der Waals surface area contributed by atoms with Crippen molar-refractivity contribution in [2.75, 3.05) is 41.5 Å². The lowest BCUT2D eigenvalue weighted by atomic mass is 9.96. The average molecular weight is 785 g/mol. The van der Waals surface area contributed by atoms with Gasteiger partial charge in [0, 0.05) is 27.3 Å². The summed E-state index contributed by atoms with van der Waals surface area (Å²) in [6.45, 7) is 6.50. The molecule has 16 heteroatoms. The van der Waals surface area contributed by atoms with Gasteiger partial charge in [0.15, 0.2) is 0 Å². The third-order valence-electron chi connectivity index (χ3n) is 11.3. The first-order valence-electron chi connectivity index (χ1n) is 19.1. The second-order valence-corrected chi connectivity index (χ2v) is 14.6. The molecule has 2 aromatic heterocycles. The van der Waals surface area contributed by atoms with Crippen LogP contribution < -0.4 is 10.6 Å². The Balaban J connectivity index is 1.13. The summed E-state index contributed by atoms with van der Waals surface area (Å²) in [5.74, 6) is 0.833. The molecular formula is C41H52N8O8. The van der Waals surface area contributed by atoms with Gasteiger partial charge in [0.05, 0.1) is 61.8 Å². The Kier molecular flexibility index (Phi) is 12.6. The maximum Gasteiger partial charge on any atom is 0.407 e. The number of likely N-dealkylation sites (tertiary alicyclic amines) is 2. The van der Waals surface area contributed by atoms with Crippen molar-refractivity contribution < 1.29 is 38.1 Å². The number of alkyl carbamates (subject to hydrolysis) is 2. The van der Waals surface area contributed by atoms with E-state index >= 15 is 0 Å². The number of imidazole rings is 2. The molecule has 4 amide bonds. The second-order valence-electron chi connectivity index (χ2n) is 14.6. The number of rotatable bonds is 13. The topological polar surface area (TPSA) is 193 Å². The van der Waals surface area contributed by atoms with Gasteiger partial charge in [-0.1, -0.05) is 48.5 Å². The maximum absolute atomic E-state index is 13.8. The zero-order chi connectivity index (χ0) is 40.9. The summed E-state index contributed by atoms with van der Waals surface area (Å²) >= 11 is 0. The van der Waals surface area contributed by atoms with Crippen molar-refractivity contribution in [3.63, 3.8) is 0 Å². The van der Waals surface area contributed by atoms with E-state index in [0.717, 1.165) is 52.9 Å². The van der Waals surface area contributed by atoms with Crippen LogP contribution in [0.5, 0.6) is 0 Å². The van der Waals surface area contributed by atoms with Crippen LogP contribution in [-0.4, -0.2) is 120 Å². The highest BCUT2D eigenvalue weighted by Gasteiger charge is 2.46. The summed E-state index contributed by atoms with van der Waals surface area (Å²) < 4.78 is 20.3. The first-order valence-corrected chi connectivity index (χ1v) is 19.1. The molecule has 2 aliphatic heterocycles. The van der Waals surface area contributed by atoms with E-state index in [2.05, 4.69) is 49.9 Å². The second kappa shape index (κ2) is 17.6. The van der Waals surface area contributed by atoms with Gasteiger partial charge in [0.2, 0.25) is 11.8 Å². The van der Waals surface area contributed by atoms with E-state index in [-0.39, 0.29) is 17.9 Å². The molecule has 2 aromatic carbocycles. The smallest absolute Gasteiger partial charge is 0.407 e. The molecule has 4 heterocycles. The molecule has 57 heavy (non-hydrogen) atoms. The van der Waals surface area contributed by atoms with Crippen molar-refractivity contribution in [1.29, 1.82) is 0 Å². The van der Waals surface area contributed by atoms with Crippen molar-refractivity contribution in [3.05, 3.63) is 72.6 Å². The summed E-state index contributed by atoms with van der Waals surface area (Å²) in [4.78, 5) is 71.3. The average Bonchev–Trinajstić information content (AvgIpc) is 4.08. The molecule has 6 atom stereocenters. The van der Waals surface area contributed by atoms with Gasteiger partial charge < -0.3 is 49.3 Å². The number of methoxy groups -OCH3 is 4. The molecule has 0 spiro atoms. The van der Waals surface area contributed by atoms with E-state index in [9.17, 15) is 19.2 Å². The van der Waals surface area contributed by atoms with Crippen LogP contribution in [0.15, 0.2) is 60.9 Å². The van der Waals surface area contributed by atoms with Gasteiger partial charge in [-0.3, -0.25) is 9.59 Å². The minimum Gasteiger partial charge on any atom is -0.453 e. The number of amides is 4. The largest absolute Gasteiger partial charge is 0.453 e. The van der Waals surface area contributed by atoms with Crippen molar-refractivity contribution in [1.82, 2.24) is 40.4 Å². The summed E-state index contributed by atoms with van der Waals surface area (Å²) in [6, 6.07) is 14.3. The molecule has 0 radical (unpaired) electrons. The van der Waals surface area contributed by atoms with Crippen LogP contribution in [0.25, 0.3) is 33.6 Å². The van der Waals surface area contributed by atoms with Gasteiger partial charge in [0.25, 0.3) is 0 Å². The van der Waals surface area contributed by atoms with Crippen LogP contribution in [0.2, 0.25) is 0 Å². The third-order valence-corrected chi connectivity index (χ3v) is 11.3. The van der Waals surface area contributed by atoms with Gasteiger partial charge in [-0.25, -0.2) is 19.6 Å². The van der Waals surface area contributed by atoms with Crippen molar-refractivity contribution in [3.8, 4) is 33.6 Å². The molecule has 2 saturated heterocycles. The molecule has 0 bridgehead atoms. The van der Waals surface area contributed by atoms with Crippen molar-refractivity contribution in [2.45, 2.75) is 82.3 Å². The molecule has 0 unspecified atom stereocenters. The summed E-state index contributed by atoms with van der Waals surface area (Å²) in [5.41, 5.74) is 4.90. The highest BCUT2D eigenvalue weighted by atomic mass is 16.5. The number of aromatic nitrogens is 4. The predicted molar refractivity (Wildman–Crippen MR) is 211 cm³/mol. The zero-order valence-electron chi connectivity index (χ0n) is 33.5. The van der Waals surface area contributed by atoms with Crippen LogP contribution in [0.3, 0.4) is 0 Å². The summed E-state index contributed by atoms with van der Waals surface area (Å²) in [6.07, 6.45) is 4.06. The number of aromatic amines is 2. The van der Waals surface area contributed by atoms with Gasteiger partial charge in [-0.15, -0.1) is 0 Å². The highest BCUT2D eigenvalue weighted by Crippen LogP contribution is 2.39. The quantitative estimate of drug-likeness (QED) is 0.141. The van der Waals surface area contributed by atoms with Crippen LogP contribution in [0, 0.1) is 0 Å². The molecule has 4 N–H and O–H groups in total. The number of H-pyrrole nitrogens is 2. The Hall–Kier alpha value is -5.74. The molecule has 0 saturated carbocycles. The van der Waals surface area contributed by atoms with E-state index in [4.69, 9.17) is 23.9 Å². The zero-order valence-corrected chi connectivity index (χ0v) is 33.5. The van der Waals surface area contributed by atoms with Crippen LogP contribution in [0.1, 0.15) is 64.1 Å². The van der Waals surface area contributed by atoms with Crippen molar-refractivity contribution >= 4 is 24.0 Å². The van der Waals surface area contributed by atoms with E-state index in [1.807, 2.05) is 31.2 Å². The maximum atomic E-state index is 13.8. The fraction of sp³-hybridized carbons (Fsp3) is 0.463. The number of carbonyl (C=O) groups is 4. The van der Waals surface area contributed by atoms with Gasteiger partial charge in [-0.2, -0.15) is 0 Å². The number of nitrogens with one attached hydrogen (secondary N) is 4. The van der Waals surface area contributed by atoms with E-state index < -0.39 is 42.0 Å². The standard InChI is InChI=1S/C41H52N8O8/c1-24(54-4)33(46-39(52)56-6)36(50)48-20-8-10-32(48)35-42-22-30(44-35)28-15-11-26(12-16-28)27-13-17-29(18-14-27)31-23-43-38(45-31)41(3)19-9-21-49(41)37(51)34(25(2)55-5)47-40(53)57-7/h11-18,22-25,32-34H,8-10,19-21H2,1-7H3,(H,42,44)(H,43,45)(H,46,52)(H,47,53)/t24-,25-,32+,33+,34+,41+/m1/s1. The SMILES string of the molecule is COC(=O)N[C@H](C(=O)N1CCC[C@H]1c1ncc(-c2ccc(-c3ccc(-c4cnc([C@]5(C)CCCN5C(=O)[C@@H](NC(=O)OC)[C@@H](C)OC)[nH]4)cc3)cc2)[nH]1)[C@@H](C)OC. The van der Waals surface area contributed by atoms with Gasteiger partial charge >= 0.3 is 12.2 Å². The lowest BCUT2D eigenvalue weighted by molar-refractivity contribution is -0.141. The number of benzene rings is 2. The molecule has 2 fully saturated rings. The molecule has 2 aliphatic rings.